The molecule has 2 aromatic rings. The summed E-state index contributed by atoms with van der Waals surface area (Å²) in [6, 6.07) is 7.61. The van der Waals surface area contributed by atoms with Crippen molar-refractivity contribution in [2.45, 2.75) is 51.6 Å². The molecule has 9 nitrogen and oxygen atoms in total. The number of hydrogen-bond donors (Lipinski definition) is 4. The minimum Gasteiger partial charge on any atom is -0.480 e. The number of benzene rings is 1. The summed E-state index contributed by atoms with van der Waals surface area (Å²) in [5.74, 6) is -0.786. The van der Waals surface area contributed by atoms with E-state index in [0.29, 0.717) is 31.6 Å². The number of amides is 1. The van der Waals surface area contributed by atoms with Crippen molar-refractivity contribution in [1.82, 2.24) is 15.2 Å². The van der Waals surface area contributed by atoms with E-state index in [0.717, 1.165) is 29.2 Å². The van der Waals surface area contributed by atoms with E-state index in [1.54, 1.807) is 11.3 Å². The fourth-order valence-corrected chi connectivity index (χ4v) is 5.00. The molecule has 0 saturated carbocycles. The highest BCUT2D eigenvalue weighted by molar-refractivity contribution is 7.14. The number of nitrogen functional groups attached to an aromatic ring is 1. The topological polar surface area (TPSA) is 136 Å². The van der Waals surface area contributed by atoms with Gasteiger partial charge in [0, 0.05) is 54.1 Å². The lowest BCUT2D eigenvalue weighted by Crippen LogP contribution is -2.48. The molecule has 1 aromatic carbocycles. The Kier molecular flexibility index (Phi) is 8.27. The zero-order chi connectivity index (χ0) is 24.9. The number of likely N-dealkylation sites (tertiary alicyclic amines) is 1. The highest BCUT2D eigenvalue weighted by Gasteiger charge is 2.28. The highest BCUT2D eigenvalue weighted by atomic mass is 32.1. The van der Waals surface area contributed by atoms with Crippen LogP contribution >= 0.6 is 11.3 Å². The molecule has 0 atom stereocenters. The summed E-state index contributed by atoms with van der Waals surface area (Å²) in [4.78, 5) is 32.6. The number of thiazole rings is 1. The molecule has 1 aliphatic heterocycles. The van der Waals surface area contributed by atoms with E-state index in [9.17, 15) is 9.59 Å². The first-order valence-electron chi connectivity index (χ1n) is 11.4. The highest BCUT2D eigenvalue weighted by Crippen LogP contribution is 2.31. The van der Waals surface area contributed by atoms with E-state index in [1.807, 2.05) is 55.3 Å². The Bertz CT molecular complexity index is 1010. The Balaban J connectivity index is 1.76. The number of aliphatic carboxylic acids is 1. The maximum atomic E-state index is 12.5. The average molecular weight is 487 g/mol. The van der Waals surface area contributed by atoms with Gasteiger partial charge in [0.15, 0.2) is 5.13 Å². The summed E-state index contributed by atoms with van der Waals surface area (Å²) in [7, 11) is 0. The fraction of sp³-hybridized carbons (Fsp3) is 0.500. The van der Waals surface area contributed by atoms with Crippen molar-refractivity contribution < 1.29 is 14.7 Å². The Morgan fingerprint density at radius 3 is 2.47 bits per heavy atom. The van der Waals surface area contributed by atoms with Gasteiger partial charge in [-0.3, -0.25) is 19.9 Å². The van der Waals surface area contributed by atoms with Crippen molar-refractivity contribution >= 4 is 34.2 Å². The van der Waals surface area contributed by atoms with E-state index < -0.39 is 5.97 Å². The van der Waals surface area contributed by atoms with Gasteiger partial charge >= 0.3 is 5.97 Å². The van der Waals surface area contributed by atoms with Crippen molar-refractivity contribution in [1.29, 1.82) is 5.41 Å². The third-order valence-corrected chi connectivity index (χ3v) is 6.56. The van der Waals surface area contributed by atoms with Gasteiger partial charge in [-0.25, -0.2) is 4.98 Å². The number of nitrogens with two attached hydrogens (primary N) is 1. The van der Waals surface area contributed by atoms with Crippen molar-refractivity contribution in [2.24, 2.45) is 5.73 Å². The molecule has 0 bridgehead atoms. The molecular formula is C24H34N6O3S. The summed E-state index contributed by atoms with van der Waals surface area (Å²) in [6.07, 6.45) is 1.99. The van der Waals surface area contributed by atoms with Gasteiger partial charge in [0.1, 0.15) is 5.84 Å². The first-order valence-corrected chi connectivity index (χ1v) is 12.3. The van der Waals surface area contributed by atoms with Crippen LogP contribution in [-0.2, 0) is 9.59 Å². The number of nitrogens with one attached hydrogen (secondary N) is 2. The Morgan fingerprint density at radius 2 is 1.91 bits per heavy atom. The number of anilines is 1. The molecule has 10 heteroatoms. The fourth-order valence-electron chi connectivity index (χ4n) is 4.07. The van der Waals surface area contributed by atoms with Gasteiger partial charge in [0.25, 0.3) is 0 Å². The molecule has 2 heterocycles. The molecule has 1 aromatic heterocycles. The molecule has 184 valence electrons. The lowest BCUT2D eigenvalue weighted by Gasteiger charge is -2.38. The van der Waals surface area contributed by atoms with Gasteiger partial charge < -0.3 is 21.1 Å². The molecule has 3 rings (SSSR count). The summed E-state index contributed by atoms with van der Waals surface area (Å²) in [5.41, 5.74) is 7.71. The monoisotopic (exact) mass is 486 g/mol. The lowest BCUT2D eigenvalue weighted by molar-refractivity contribution is -0.138. The van der Waals surface area contributed by atoms with Crippen LogP contribution in [0.2, 0.25) is 0 Å². The molecule has 1 saturated heterocycles. The Hall–Kier alpha value is -2.98. The van der Waals surface area contributed by atoms with E-state index in [4.69, 9.17) is 21.2 Å². The predicted octanol–water partition coefficient (Wildman–Crippen LogP) is 2.75. The maximum Gasteiger partial charge on any atom is 0.317 e. The van der Waals surface area contributed by atoms with Gasteiger partial charge in [0.05, 0.1) is 12.2 Å². The van der Waals surface area contributed by atoms with Crippen LogP contribution in [-0.4, -0.2) is 70.5 Å². The lowest BCUT2D eigenvalue weighted by atomic mass is 10.0. The SMILES string of the molecule is CC(C)(C)NC(=O)CCN(c1nc(-c2ccc(C(=N)N)cc2)cs1)C1CCN(CC(=O)O)CC1. The van der Waals surface area contributed by atoms with Gasteiger partial charge in [-0.15, -0.1) is 11.3 Å². The quantitative estimate of drug-likeness (QED) is 0.316. The maximum absolute atomic E-state index is 12.5. The second-order valence-electron chi connectivity index (χ2n) is 9.65. The number of aromatic nitrogens is 1. The first-order chi connectivity index (χ1) is 16.0. The molecule has 0 unspecified atom stereocenters. The third kappa shape index (κ3) is 7.26. The van der Waals surface area contributed by atoms with E-state index >= 15 is 0 Å². The molecule has 1 amide bonds. The van der Waals surface area contributed by atoms with Crippen LogP contribution in [0.1, 0.15) is 45.6 Å². The molecule has 34 heavy (non-hydrogen) atoms. The van der Waals surface area contributed by atoms with Crippen LogP contribution in [0.4, 0.5) is 5.13 Å². The molecule has 0 spiro atoms. The van der Waals surface area contributed by atoms with E-state index in [2.05, 4.69) is 10.2 Å². The van der Waals surface area contributed by atoms with Gasteiger partial charge in [-0.2, -0.15) is 0 Å². The van der Waals surface area contributed by atoms with E-state index in [-0.39, 0.29) is 29.9 Å². The number of carboxylic acid groups (broad SMARTS) is 1. The minimum atomic E-state index is -0.811. The van der Waals surface area contributed by atoms with Crippen molar-refractivity contribution in [3.8, 4) is 11.3 Å². The van der Waals surface area contributed by atoms with Crippen LogP contribution in [0.15, 0.2) is 29.6 Å². The summed E-state index contributed by atoms with van der Waals surface area (Å²) in [5, 5.41) is 22.5. The summed E-state index contributed by atoms with van der Waals surface area (Å²) in [6.45, 7) is 7.89. The van der Waals surface area contributed by atoms with Gasteiger partial charge in [0.2, 0.25) is 5.91 Å². The summed E-state index contributed by atoms with van der Waals surface area (Å²) < 4.78 is 0. The van der Waals surface area contributed by atoms with Crippen LogP contribution in [0.25, 0.3) is 11.3 Å². The molecular weight excluding hydrogens is 452 g/mol. The number of hydrogen-bond acceptors (Lipinski definition) is 7. The zero-order valence-electron chi connectivity index (χ0n) is 20.0. The molecule has 5 N–H and O–H groups in total. The largest absolute Gasteiger partial charge is 0.480 e. The molecule has 1 aliphatic rings. The number of rotatable bonds is 9. The first kappa shape index (κ1) is 25.6. The number of piperidine rings is 1. The second-order valence-corrected chi connectivity index (χ2v) is 10.5. The Labute approximate surface area is 204 Å². The number of carbonyl (C=O) groups is 2. The number of carbonyl (C=O) groups excluding carboxylic acids is 1. The molecule has 0 radical (unpaired) electrons. The van der Waals surface area contributed by atoms with Crippen molar-refractivity contribution in [3.63, 3.8) is 0 Å². The van der Waals surface area contributed by atoms with Gasteiger partial charge in [-0.1, -0.05) is 24.3 Å². The minimum absolute atomic E-state index is 0.00239. The van der Waals surface area contributed by atoms with Crippen LogP contribution in [0, 0.1) is 5.41 Å². The van der Waals surface area contributed by atoms with Crippen LogP contribution in [0.3, 0.4) is 0 Å². The van der Waals surface area contributed by atoms with E-state index in [1.165, 1.54) is 0 Å². The van der Waals surface area contributed by atoms with Crippen LogP contribution in [0.5, 0.6) is 0 Å². The predicted molar refractivity (Wildman–Crippen MR) is 136 cm³/mol. The third-order valence-electron chi connectivity index (χ3n) is 5.68. The second kappa shape index (κ2) is 11.0. The summed E-state index contributed by atoms with van der Waals surface area (Å²) >= 11 is 1.54. The average Bonchev–Trinajstić information content (AvgIpc) is 3.23. The van der Waals surface area contributed by atoms with Crippen LogP contribution < -0.4 is 16.0 Å². The zero-order valence-corrected chi connectivity index (χ0v) is 20.8. The number of carboxylic acids is 1. The number of nitrogens with zero attached hydrogens (tertiary/aromatic N) is 3. The number of amidine groups is 1. The Morgan fingerprint density at radius 1 is 1.26 bits per heavy atom. The van der Waals surface area contributed by atoms with Gasteiger partial charge in [-0.05, 0) is 33.6 Å². The van der Waals surface area contributed by atoms with Crippen molar-refractivity contribution in [3.05, 3.63) is 35.2 Å². The molecule has 0 aliphatic carbocycles. The normalized spacial score (nSPS) is 15.1. The smallest absolute Gasteiger partial charge is 0.317 e. The molecule has 1 fully saturated rings. The van der Waals surface area contributed by atoms with Crippen molar-refractivity contribution in [2.75, 3.05) is 31.1 Å². The standard InChI is InChI=1S/C24H34N6O3S/c1-24(2,3)28-20(31)10-13-30(18-8-11-29(12-9-18)14-21(32)33)23-27-19(15-34-23)16-4-6-17(7-5-16)22(25)26/h4-7,15,18H,8-14H2,1-3H3,(H3,25,26)(H,28,31)(H,32,33).